The fourth-order valence-electron chi connectivity index (χ4n) is 2.03. The van der Waals surface area contributed by atoms with Gasteiger partial charge in [-0.25, -0.2) is 4.79 Å². The van der Waals surface area contributed by atoms with Crippen molar-refractivity contribution in [1.29, 1.82) is 0 Å². The highest BCUT2D eigenvalue weighted by molar-refractivity contribution is 5.89. The van der Waals surface area contributed by atoms with Gasteiger partial charge in [-0.3, -0.25) is 5.10 Å². The van der Waals surface area contributed by atoms with E-state index >= 15 is 0 Å². The fourth-order valence-corrected chi connectivity index (χ4v) is 2.03. The number of carbonyl (C=O) groups excluding carboxylic acids is 1. The van der Waals surface area contributed by atoms with Crippen molar-refractivity contribution in [3.8, 4) is 5.75 Å². The molecule has 0 radical (unpaired) electrons. The average Bonchev–Trinajstić information content (AvgIpc) is 3.00. The molecule has 0 atom stereocenters. The third-order valence-electron chi connectivity index (χ3n) is 3.14. The van der Waals surface area contributed by atoms with E-state index in [1.54, 1.807) is 6.07 Å². The Balaban J connectivity index is 1.99. The lowest BCUT2D eigenvalue weighted by Gasteiger charge is -2.12. The van der Waals surface area contributed by atoms with Crippen molar-refractivity contribution < 1.29 is 27.4 Å². The number of H-pyrrole nitrogens is 1. The molecule has 0 unspecified atom stereocenters. The number of halogens is 3. The highest BCUT2D eigenvalue weighted by Gasteiger charge is 2.31. The third kappa shape index (κ3) is 5.38. The Bertz CT molecular complexity index is 731. The number of aromatic nitrogens is 2. The second kappa shape index (κ2) is 7.88. The van der Waals surface area contributed by atoms with Crippen molar-refractivity contribution in [2.45, 2.75) is 19.3 Å². The molecule has 2 aromatic rings. The maximum absolute atomic E-state index is 12.9. The average molecular weight is 358 g/mol. The number of ether oxygens (including phenoxy) is 2. The lowest BCUT2D eigenvalue weighted by molar-refractivity contribution is -0.137. The van der Waals surface area contributed by atoms with Crippen LogP contribution in [0.5, 0.6) is 5.75 Å². The van der Waals surface area contributed by atoms with Crippen molar-refractivity contribution >= 4 is 11.7 Å². The Labute approximate surface area is 141 Å². The predicted molar refractivity (Wildman–Crippen MR) is 83.2 cm³/mol. The molecular weight excluding hydrogens is 341 g/mol. The lowest BCUT2D eigenvalue weighted by atomic mass is 10.2. The normalized spacial score (nSPS) is 11.2. The standard InChI is InChI=1S/C15H17F3N4O3/c1-24-8-12-5-11(21-22-12)7-19-14(23)20-10-3-9(15(16,17)18)4-13(6-10)25-2/h3-6H,7-8H2,1-2H3,(H,21,22)(H2,19,20,23). The number of carbonyl (C=O) groups is 1. The Morgan fingerprint density at radius 2 is 2.00 bits per heavy atom. The molecule has 0 saturated heterocycles. The molecule has 10 heteroatoms. The van der Waals surface area contributed by atoms with E-state index in [0.717, 1.165) is 12.1 Å². The number of nitrogens with one attached hydrogen (secondary N) is 3. The van der Waals surface area contributed by atoms with E-state index in [0.29, 0.717) is 18.0 Å². The molecule has 0 aliphatic carbocycles. The van der Waals surface area contributed by atoms with E-state index in [1.807, 2.05) is 0 Å². The number of alkyl halides is 3. The van der Waals surface area contributed by atoms with Crippen molar-refractivity contribution in [2.24, 2.45) is 0 Å². The summed E-state index contributed by atoms with van der Waals surface area (Å²) in [6, 6.07) is 4.02. The van der Waals surface area contributed by atoms with Crippen LogP contribution in [-0.4, -0.2) is 30.4 Å². The Hall–Kier alpha value is -2.75. The van der Waals surface area contributed by atoms with Gasteiger partial charge >= 0.3 is 12.2 Å². The topological polar surface area (TPSA) is 88.3 Å². The summed E-state index contributed by atoms with van der Waals surface area (Å²) in [5.74, 6) is -0.0112. The van der Waals surface area contributed by atoms with Gasteiger partial charge in [0.1, 0.15) is 5.75 Å². The van der Waals surface area contributed by atoms with Gasteiger partial charge in [0, 0.05) is 18.9 Å². The Morgan fingerprint density at radius 3 is 2.64 bits per heavy atom. The molecule has 0 fully saturated rings. The van der Waals surface area contributed by atoms with Gasteiger partial charge in [-0.15, -0.1) is 0 Å². The summed E-state index contributed by atoms with van der Waals surface area (Å²) >= 11 is 0. The predicted octanol–water partition coefficient (Wildman–Crippen LogP) is 2.91. The summed E-state index contributed by atoms with van der Waals surface area (Å²) in [6.07, 6.45) is -4.55. The molecule has 0 saturated carbocycles. The number of anilines is 1. The molecule has 2 rings (SSSR count). The summed E-state index contributed by atoms with van der Waals surface area (Å²) < 4.78 is 48.3. The number of hydrogen-bond donors (Lipinski definition) is 3. The van der Waals surface area contributed by atoms with Gasteiger partial charge in [-0.05, 0) is 18.2 Å². The Kier molecular flexibility index (Phi) is 5.86. The van der Waals surface area contributed by atoms with E-state index in [-0.39, 0.29) is 18.0 Å². The molecule has 136 valence electrons. The first kappa shape index (κ1) is 18.6. The highest BCUT2D eigenvalue weighted by atomic mass is 19.4. The van der Waals surface area contributed by atoms with Crippen LogP contribution >= 0.6 is 0 Å². The first-order valence-electron chi connectivity index (χ1n) is 7.15. The summed E-state index contributed by atoms with van der Waals surface area (Å²) in [7, 11) is 2.78. The lowest BCUT2D eigenvalue weighted by Crippen LogP contribution is -2.28. The van der Waals surface area contributed by atoms with Crippen molar-refractivity contribution in [2.75, 3.05) is 19.5 Å². The number of methoxy groups -OCH3 is 2. The summed E-state index contributed by atoms with van der Waals surface area (Å²) in [5, 5.41) is 11.5. The van der Waals surface area contributed by atoms with Crippen LogP contribution in [0.1, 0.15) is 17.0 Å². The summed E-state index contributed by atoms with van der Waals surface area (Å²) in [5.41, 5.74) is 0.347. The zero-order valence-electron chi connectivity index (χ0n) is 13.5. The van der Waals surface area contributed by atoms with Gasteiger partial charge in [0.15, 0.2) is 0 Å². The maximum atomic E-state index is 12.9. The van der Waals surface area contributed by atoms with Gasteiger partial charge < -0.3 is 20.1 Å². The molecule has 1 aromatic heterocycles. The number of rotatable bonds is 6. The van der Waals surface area contributed by atoms with Gasteiger partial charge in [0.25, 0.3) is 0 Å². The van der Waals surface area contributed by atoms with Gasteiger partial charge in [-0.1, -0.05) is 0 Å². The molecular formula is C15H17F3N4O3. The molecule has 0 aliphatic rings. The minimum Gasteiger partial charge on any atom is -0.497 e. The number of aromatic amines is 1. The van der Waals surface area contributed by atoms with Crippen molar-refractivity contribution in [3.63, 3.8) is 0 Å². The number of amides is 2. The SMILES string of the molecule is COCc1cc(CNC(=O)Nc2cc(OC)cc(C(F)(F)F)c2)[nH]n1. The van der Waals surface area contributed by atoms with E-state index < -0.39 is 17.8 Å². The van der Waals surface area contributed by atoms with Crippen LogP contribution in [0.3, 0.4) is 0 Å². The first-order valence-corrected chi connectivity index (χ1v) is 7.15. The fraction of sp³-hybridized carbons (Fsp3) is 0.333. The summed E-state index contributed by atoms with van der Waals surface area (Å²) in [6.45, 7) is 0.450. The van der Waals surface area contributed by atoms with Crippen LogP contribution in [0, 0.1) is 0 Å². The number of urea groups is 1. The minimum absolute atomic E-state index is 0.0112. The number of benzene rings is 1. The first-order chi connectivity index (χ1) is 11.8. The summed E-state index contributed by atoms with van der Waals surface area (Å²) in [4.78, 5) is 11.9. The van der Waals surface area contributed by atoms with E-state index in [1.165, 1.54) is 20.3 Å². The van der Waals surface area contributed by atoms with E-state index in [2.05, 4.69) is 20.8 Å². The van der Waals surface area contributed by atoms with Crippen LogP contribution in [0.25, 0.3) is 0 Å². The largest absolute Gasteiger partial charge is 0.497 e. The van der Waals surface area contributed by atoms with Crippen LogP contribution in [0.4, 0.5) is 23.7 Å². The van der Waals surface area contributed by atoms with Crippen LogP contribution in [-0.2, 0) is 24.1 Å². The number of hydrogen-bond acceptors (Lipinski definition) is 4. The molecule has 1 heterocycles. The third-order valence-corrected chi connectivity index (χ3v) is 3.14. The molecule has 0 bridgehead atoms. The van der Waals surface area contributed by atoms with E-state index in [9.17, 15) is 18.0 Å². The molecule has 2 amide bonds. The molecule has 25 heavy (non-hydrogen) atoms. The van der Waals surface area contributed by atoms with Crippen molar-refractivity contribution in [1.82, 2.24) is 15.5 Å². The maximum Gasteiger partial charge on any atom is 0.416 e. The van der Waals surface area contributed by atoms with Crippen molar-refractivity contribution in [3.05, 3.63) is 41.2 Å². The van der Waals surface area contributed by atoms with E-state index in [4.69, 9.17) is 9.47 Å². The Morgan fingerprint density at radius 1 is 1.24 bits per heavy atom. The molecule has 0 spiro atoms. The second-order valence-electron chi connectivity index (χ2n) is 5.07. The molecule has 7 nitrogen and oxygen atoms in total. The smallest absolute Gasteiger partial charge is 0.416 e. The monoisotopic (exact) mass is 358 g/mol. The molecule has 3 N–H and O–H groups in total. The van der Waals surface area contributed by atoms with Crippen LogP contribution < -0.4 is 15.4 Å². The highest BCUT2D eigenvalue weighted by Crippen LogP contribution is 2.34. The zero-order chi connectivity index (χ0) is 18.4. The quantitative estimate of drug-likeness (QED) is 0.741. The molecule has 0 aliphatic heterocycles. The minimum atomic E-state index is -4.55. The van der Waals surface area contributed by atoms with Gasteiger partial charge in [-0.2, -0.15) is 18.3 Å². The second-order valence-corrected chi connectivity index (χ2v) is 5.07. The van der Waals surface area contributed by atoms with Gasteiger partial charge in [0.2, 0.25) is 0 Å². The zero-order valence-corrected chi connectivity index (χ0v) is 13.5. The number of nitrogens with zero attached hydrogens (tertiary/aromatic N) is 1. The van der Waals surface area contributed by atoms with Crippen LogP contribution in [0.15, 0.2) is 24.3 Å². The van der Waals surface area contributed by atoms with Gasteiger partial charge in [0.05, 0.1) is 37.2 Å². The van der Waals surface area contributed by atoms with Crippen LogP contribution in [0.2, 0.25) is 0 Å². The molecule has 1 aromatic carbocycles.